The number of rotatable bonds is 8. The van der Waals surface area contributed by atoms with Crippen LogP contribution in [0.2, 0.25) is 0 Å². The second-order valence-electron chi connectivity index (χ2n) is 6.74. The fraction of sp³-hybridized carbons (Fsp3) is 0.750. The van der Waals surface area contributed by atoms with E-state index in [0.29, 0.717) is 17.8 Å². The van der Waals surface area contributed by atoms with Gasteiger partial charge in [0.15, 0.2) is 5.69 Å². The minimum atomic E-state index is -0.956. The summed E-state index contributed by atoms with van der Waals surface area (Å²) in [5.41, 5.74) is 0.135. The SMILES string of the molecule is CC(C)CC(C)CC(CC(C)C)n1ccc(C(=O)O)n1. The largest absolute Gasteiger partial charge is 0.476 e. The molecule has 0 aliphatic rings. The molecule has 0 bridgehead atoms. The molecule has 0 amide bonds. The summed E-state index contributed by atoms with van der Waals surface area (Å²) in [6, 6.07) is 1.87. The van der Waals surface area contributed by atoms with E-state index in [9.17, 15) is 4.79 Å². The molecule has 0 aromatic carbocycles. The van der Waals surface area contributed by atoms with Crippen LogP contribution in [-0.4, -0.2) is 20.9 Å². The Kier molecular flexibility index (Phi) is 6.24. The van der Waals surface area contributed by atoms with Crippen LogP contribution < -0.4 is 0 Å². The summed E-state index contributed by atoms with van der Waals surface area (Å²) in [5, 5.41) is 13.2. The fourth-order valence-electron chi connectivity index (χ4n) is 2.88. The highest BCUT2D eigenvalue weighted by Crippen LogP contribution is 2.27. The Hall–Kier alpha value is -1.32. The molecule has 0 saturated carbocycles. The molecule has 0 saturated heterocycles. The van der Waals surface area contributed by atoms with Gasteiger partial charge in [-0.2, -0.15) is 5.10 Å². The summed E-state index contributed by atoms with van der Waals surface area (Å²) in [4.78, 5) is 11.0. The minimum absolute atomic E-state index is 0.135. The zero-order valence-corrected chi connectivity index (χ0v) is 13.3. The van der Waals surface area contributed by atoms with Gasteiger partial charge >= 0.3 is 5.97 Å². The third-order valence-corrected chi connectivity index (χ3v) is 3.49. The van der Waals surface area contributed by atoms with Crippen molar-refractivity contribution in [3.05, 3.63) is 18.0 Å². The van der Waals surface area contributed by atoms with Gasteiger partial charge in [0.2, 0.25) is 0 Å². The Labute approximate surface area is 122 Å². The van der Waals surface area contributed by atoms with Crippen molar-refractivity contribution in [1.82, 2.24) is 9.78 Å². The van der Waals surface area contributed by atoms with Gasteiger partial charge in [0, 0.05) is 6.20 Å². The predicted octanol–water partition coefficient (Wildman–Crippen LogP) is 4.24. The van der Waals surface area contributed by atoms with Crippen LogP contribution in [0.15, 0.2) is 12.3 Å². The van der Waals surface area contributed by atoms with E-state index in [1.807, 2.05) is 4.68 Å². The van der Waals surface area contributed by atoms with Crippen LogP contribution in [0.3, 0.4) is 0 Å². The highest BCUT2D eigenvalue weighted by molar-refractivity contribution is 5.85. The van der Waals surface area contributed by atoms with Gasteiger partial charge in [-0.25, -0.2) is 4.79 Å². The van der Waals surface area contributed by atoms with Crippen molar-refractivity contribution in [3.8, 4) is 0 Å². The first kappa shape index (κ1) is 16.7. The smallest absolute Gasteiger partial charge is 0.356 e. The topological polar surface area (TPSA) is 55.1 Å². The maximum Gasteiger partial charge on any atom is 0.356 e. The second-order valence-corrected chi connectivity index (χ2v) is 6.74. The fourth-order valence-corrected chi connectivity index (χ4v) is 2.88. The predicted molar refractivity (Wildman–Crippen MR) is 80.9 cm³/mol. The molecule has 0 aliphatic carbocycles. The van der Waals surface area contributed by atoms with E-state index in [-0.39, 0.29) is 11.7 Å². The van der Waals surface area contributed by atoms with E-state index in [1.165, 1.54) is 6.42 Å². The number of hydrogen-bond donors (Lipinski definition) is 1. The van der Waals surface area contributed by atoms with Crippen molar-refractivity contribution in [2.75, 3.05) is 0 Å². The molecule has 4 heteroatoms. The van der Waals surface area contributed by atoms with Crippen LogP contribution >= 0.6 is 0 Å². The Bertz CT molecular complexity index is 424. The van der Waals surface area contributed by atoms with Gasteiger partial charge in [-0.3, -0.25) is 4.68 Å². The lowest BCUT2D eigenvalue weighted by atomic mass is 9.89. The van der Waals surface area contributed by atoms with Crippen LogP contribution in [0.5, 0.6) is 0 Å². The van der Waals surface area contributed by atoms with Gasteiger partial charge in [-0.1, -0.05) is 34.6 Å². The molecular formula is C16H28N2O2. The number of carbonyl (C=O) groups is 1. The Morgan fingerprint density at radius 1 is 1.15 bits per heavy atom. The summed E-state index contributed by atoms with van der Waals surface area (Å²) in [5.74, 6) is 0.930. The van der Waals surface area contributed by atoms with Crippen LogP contribution in [-0.2, 0) is 0 Å². The summed E-state index contributed by atoms with van der Waals surface area (Å²) in [7, 11) is 0. The molecule has 1 rings (SSSR count). The molecule has 1 N–H and O–H groups in total. The van der Waals surface area contributed by atoms with Crippen molar-refractivity contribution in [1.29, 1.82) is 0 Å². The molecule has 0 spiro atoms. The normalized spacial score (nSPS) is 14.8. The van der Waals surface area contributed by atoms with Crippen LogP contribution in [0.25, 0.3) is 0 Å². The third-order valence-electron chi connectivity index (χ3n) is 3.49. The number of hydrogen-bond acceptors (Lipinski definition) is 2. The van der Waals surface area contributed by atoms with E-state index in [1.54, 1.807) is 12.3 Å². The second kappa shape index (κ2) is 7.46. The number of carboxylic acid groups (broad SMARTS) is 1. The molecule has 2 unspecified atom stereocenters. The number of nitrogens with zero attached hydrogens (tertiary/aromatic N) is 2. The molecule has 114 valence electrons. The Morgan fingerprint density at radius 3 is 2.20 bits per heavy atom. The minimum Gasteiger partial charge on any atom is -0.476 e. The van der Waals surface area contributed by atoms with E-state index >= 15 is 0 Å². The van der Waals surface area contributed by atoms with Crippen LogP contribution in [0.1, 0.15) is 70.4 Å². The summed E-state index contributed by atoms with van der Waals surface area (Å²) in [6.45, 7) is 11.1. The lowest BCUT2D eigenvalue weighted by Crippen LogP contribution is -2.17. The highest BCUT2D eigenvalue weighted by atomic mass is 16.4. The average molecular weight is 280 g/mol. The molecule has 0 fully saturated rings. The van der Waals surface area contributed by atoms with E-state index < -0.39 is 5.97 Å². The molecular weight excluding hydrogens is 252 g/mol. The van der Waals surface area contributed by atoms with Crippen molar-refractivity contribution in [3.63, 3.8) is 0 Å². The van der Waals surface area contributed by atoms with E-state index in [4.69, 9.17) is 5.11 Å². The first-order chi connectivity index (χ1) is 9.29. The monoisotopic (exact) mass is 280 g/mol. The standard InChI is InChI=1S/C16H28N2O2/c1-11(2)8-13(5)10-14(9-12(3)4)18-7-6-15(17-18)16(19)20/h6-7,11-14H,8-10H2,1-5H3,(H,19,20). The zero-order chi connectivity index (χ0) is 15.3. The summed E-state index contributed by atoms with van der Waals surface area (Å²) in [6.07, 6.45) is 5.08. The number of carboxylic acids is 1. The average Bonchev–Trinajstić information content (AvgIpc) is 2.75. The molecule has 4 nitrogen and oxygen atoms in total. The van der Waals surface area contributed by atoms with Gasteiger partial charge in [0.05, 0.1) is 6.04 Å². The first-order valence-corrected chi connectivity index (χ1v) is 7.58. The van der Waals surface area contributed by atoms with Gasteiger partial charge in [0.1, 0.15) is 0 Å². The van der Waals surface area contributed by atoms with Crippen molar-refractivity contribution in [2.24, 2.45) is 17.8 Å². The van der Waals surface area contributed by atoms with Crippen LogP contribution in [0.4, 0.5) is 0 Å². The van der Waals surface area contributed by atoms with Crippen molar-refractivity contribution < 1.29 is 9.90 Å². The summed E-state index contributed by atoms with van der Waals surface area (Å²) < 4.78 is 1.85. The Morgan fingerprint density at radius 2 is 1.75 bits per heavy atom. The summed E-state index contributed by atoms with van der Waals surface area (Å²) >= 11 is 0. The molecule has 20 heavy (non-hydrogen) atoms. The quantitative estimate of drug-likeness (QED) is 0.774. The molecule has 1 heterocycles. The van der Waals surface area contributed by atoms with E-state index in [2.05, 4.69) is 39.7 Å². The van der Waals surface area contributed by atoms with Crippen LogP contribution in [0, 0.1) is 17.8 Å². The van der Waals surface area contributed by atoms with Crippen molar-refractivity contribution in [2.45, 2.75) is 59.9 Å². The van der Waals surface area contributed by atoms with E-state index in [0.717, 1.165) is 12.8 Å². The molecule has 1 aromatic heterocycles. The maximum atomic E-state index is 11.0. The van der Waals surface area contributed by atoms with Gasteiger partial charge in [0.25, 0.3) is 0 Å². The molecule has 2 atom stereocenters. The third kappa shape index (κ3) is 5.35. The van der Waals surface area contributed by atoms with Gasteiger partial charge in [-0.15, -0.1) is 0 Å². The highest BCUT2D eigenvalue weighted by Gasteiger charge is 2.19. The first-order valence-electron chi connectivity index (χ1n) is 7.58. The maximum absolute atomic E-state index is 11.0. The Balaban J connectivity index is 2.79. The number of aromatic carboxylic acids is 1. The van der Waals surface area contributed by atoms with Gasteiger partial charge < -0.3 is 5.11 Å². The molecule has 0 aliphatic heterocycles. The van der Waals surface area contributed by atoms with Gasteiger partial charge in [-0.05, 0) is 43.1 Å². The zero-order valence-electron chi connectivity index (χ0n) is 13.3. The molecule has 1 aromatic rings. The lowest BCUT2D eigenvalue weighted by Gasteiger charge is -2.24. The molecule has 0 radical (unpaired) electrons. The lowest BCUT2D eigenvalue weighted by molar-refractivity contribution is 0.0689. The van der Waals surface area contributed by atoms with Crippen molar-refractivity contribution >= 4 is 5.97 Å². The number of aromatic nitrogens is 2.